The van der Waals surface area contributed by atoms with Crippen molar-refractivity contribution in [1.29, 1.82) is 0 Å². The summed E-state index contributed by atoms with van der Waals surface area (Å²) in [5.74, 6) is 0. The van der Waals surface area contributed by atoms with Gasteiger partial charge in [0.1, 0.15) is 0 Å². The molecule has 0 bridgehead atoms. The van der Waals surface area contributed by atoms with Gasteiger partial charge in [-0.2, -0.15) is 0 Å². The van der Waals surface area contributed by atoms with E-state index < -0.39 is 0 Å². The summed E-state index contributed by atoms with van der Waals surface area (Å²) in [6.45, 7) is 0.350. The van der Waals surface area contributed by atoms with Crippen LogP contribution >= 0.6 is 0 Å². The first-order valence-electron chi connectivity index (χ1n) is 5.79. The van der Waals surface area contributed by atoms with Crippen molar-refractivity contribution in [3.8, 4) is 0 Å². The second kappa shape index (κ2) is 13.4. The second-order valence-electron chi connectivity index (χ2n) is 3.74. The van der Waals surface area contributed by atoms with Gasteiger partial charge in [0.05, 0.1) is 0 Å². The van der Waals surface area contributed by atoms with Crippen molar-refractivity contribution in [3.05, 3.63) is 0 Å². The third-order valence-electron chi connectivity index (χ3n) is 2.39. The molecule has 2 N–H and O–H groups in total. The van der Waals surface area contributed by atoms with Crippen LogP contribution in [0.15, 0.2) is 0 Å². The van der Waals surface area contributed by atoms with E-state index in [2.05, 4.69) is 0 Å². The van der Waals surface area contributed by atoms with Crippen LogP contribution in [-0.4, -0.2) is 31.2 Å². The van der Waals surface area contributed by atoms with Crippen molar-refractivity contribution in [2.24, 2.45) is 0 Å². The summed E-state index contributed by atoms with van der Waals surface area (Å²) in [4.78, 5) is 0. The van der Waals surface area contributed by atoms with Gasteiger partial charge in [-0.05, 0) is 0 Å². The van der Waals surface area contributed by atoms with Crippen molar-refractivity contribution in [3.63, 3.8) is 0 Å². The van der Waals surface area contributed by atoms with Crippen molar-refractivity contribution in [2.75, 3.05) is 6.61 Å². The van der Waals surface area contributed by atoms with E-state index in [0.29, 0.717) is 6.61 Å². The molecule has 0 atom stereocenters. The number of rotatable bonds is 11. The Labute approximate surface area is 94.6 Å². The van der Waals surface area contributed by atoms with Crippen molar-refractivity contribution < 1.29 is 9.30 Å². The molecule has 3 heteroatoms. The average Bonchev–Trinajstić information content (AvgIpc) is 2.21. The first-order chi connectivity index (χ1) is 6.91. The summed E-state index contributed by atoms with van der Waals surface area (Å²) < 4.78 is 8.63. The first-order valence-corrected chi connectivity index (χ1v) is 7.76. The molecule has 0 aliphatic heterocycles. The molecule has 0 aliphatic carbocycles. The van der Waals surface area contributed by atoms with Gasteiger partial charge in [-0.1, -0.05) is 0 Å². The Hall–Kier alpha value is 0.439. The summed E-state index contributed by atoms with van der Waals surface area (Å²) in [5.41, 5.74) is 0. The van der Waals surface area contributed by atoms with Crippen LogP contribution in [0.1, 0.15) is 57.8 Å². The van der Waals surface area contributed by atoms with E-state index >= 15 is 0 Å². The third kappa shape index (κ3) is 12.4. The molecule has 0 amide bonds. The summed E-state index contributed by atoms with van der Waals surface area (Å²) >= 11 is -0.107. The molecule has 86 valence electrons. The van der Waals surface area contributed by atoms with Crippen LogP contribution in [0.3, 0.4) is 0 Å². The molecule has 0 radical (unpaired) electrons. The zero-order chi connectivity index (χ0) is 10.5. The monoisotopic (exact) mass is 268 g/mol. The number of unbranched alkanes of at least 4 members (excludes halogenated alkanes) is 8. The van der Waals surface area contributed by atoms with Gasteiger partial charge in [0.25, 0.3) is 0 Å². The summed E-state index contributed by atoms with van der Waals surface area (Å²) in [6, 6.07) is 0. The molecular weight excluding hydrogens is 243 g/mol. The minimum atomic E-state index is -0.107. The molecule has 0 heterocycles. The van der Waals surface area contributed by atoms with Gasteiger partial charge in [-0.25, -0.2) is 0 Å². The maximum atomic E-state index is 8.63. The number of aliphatic hydroxyl groups excluding tert-OH is 1. The number of hydrogen-bond acceptors (Lipinski definition) is 2. The molecule has 0 aromatic rings. The van der Waals surface area contributed by atoms with Crippen LogP contribution in [0.5, 0.6) is 0 Å². The molecule has 0 saturated carbocycles. The van der Waals surface area contributed by atoms with E-state index in [1.807, 2.05) is 0 Å². The van der Waals surface area contributed by atoms with Crippen LogP contribution < -0.4 is 0 Å². The van der Waals surface area contributed by atoms with Crippen molar-refractivity contribution >= 4 is 15.3 Å². The van der Waals surface area contributed by atoms with Gasteiger partial charge in [-0.15, -0.1) is 0 Å². The molecule has 0 spiro atoms. The molecule has 2 nitrogen and oxygen atoms in total. The van der Waals surface area contributed by atoms with Crippen LogP contribution in [0, 0.1) is 0 Å². The van der Waals surface area contributed by atoms with Crippen LogP contribution in [0.25, 0.3) is 0 Å². The van der Waals surface area contributed by atoms with Gasteiger partial charge < -0.3 is 0 Å². The summed E-state index contributed by atoms with van der Waals surface area (Å²) in [6.07, 6.45) is 11.3. The van der Waals surface area contributed by atoms with Crippen molar-refractivity contribution in [1.82, 2.24) is 0 Å². The Bertz CT molecular complexity index is 87.3. The fraction of sp³-hybridized carbons (Fsp3) is 1.00. The number of hydrogen-bond donors (Lipinski definition) is 2. The van der Waals surface area contributed by atoms with Gasteiger partial charge in [-0.3, -0.25) is 0 Å². The fourth-order valence-electron chi connectivity index (χ4n) is 1.52. The molecule has 0 aromatic heterocycles. The molecule has 0 fully saturated rings. The maximum absolute atomic E-state index is 8.63. The average molecular weight is 267 g/mol. The first kappa shape index (κ1) is 14.4. The minimum absolute atomic E-state index is 0.107. The van der Waals surface area contributed by atoms with Crippen LogP contribution in [-0.2, 0) is 0 Å². The van der Waals surface area contributed by atoms with Gasteiger partial charge in [0.2, 0.25) is 0 Å². The van der Waals surface area contributed by atoms with Gasteiger partial charge in [0, 0.05) is 0 Å². The molecule has 0 saturated heterocycles. The molecule has 0 aromatic carbocycles. The SMILES string of the molecule is OCCCCCCCCCCC[Se]O. The van der Waals surface area contributed by atoms with E-state index in [1.54, 1.807) is 0 Å². The molecule has 14 heavy (non-hydrogen) atoms. The Kier molecular flexibility index (Phi) is 13.9. The standard InChI is InChI=1S/C11H24O2Se/c12-10-8-6-4-2-1-3-5-7-9-11-14-13/h12-13H,1-11H2. The van der Waals surface area contributed by atoms with E-state index in [-0.39, 0.29) is 15.3 Å². The zero-order valence-corrected chi connectivity index (χ0v) is 10.8. The Morgan fingerprint density at radius 1 is 0.643 bits per heavy atom. The van der Waals surface area contributed by atoms with E-state index in [4.69, 9.17) is 9.30 Å². The Balaban J connectivity index is 2.78. The topological polar surface area (TPSA) is 40.5 Å². The van der Waals surface area contributed by atoms with Gasteiger partial charge in [0.15, 0.2) is 0 Å². The molecule has 0 aliphatic rings. The van der Waals surface area contributed by atoms with E-state index in [9.17, 15) is 0 Å². The zero-order valence-electron chi connectivity index (χ0n) is 9.08. The molecular formula is C11H24O2Se. The predicted octanol–water partition coefficient (Wildman–Crippen LogP) is 2.52. The normalized spacial score (nSPS) is 10.7. The molecule has 0 unspecified atom stereocenters. The number of aliphatic hydroxyl groups is 1. The second-order valence-corrected chi connectivity index (χ2v) is 5.14. The van der Waals surface area contributed by atoms with E-state index in [1.165, 1.54) is 51.4 Å². The third-order valence-corrected chi connectivity index (χ3v) is 3.38. The van der Waals surface area contributed by atoms with Gasteiger partial charge >= 0.3 is 94.3 Å². The summed E-state index contributed by atoms with van der Waals surface area (Å²) in [7, 11) is 0. The molecule has 0 rings (SSSR count). The van der Waals surface area contributed by atoms with Crippen LogP contribution in [0.4, 0.5) is 0 Å². The quantitative estimate of drug-likeness (QED) is 0.446. The predicted molar refractivity (Wildman–Crippen MR) is 61.4 cm³/mol. The summed E-state index contributed by atoms with van der Waals surface area (Å²) in [5, 5.41) is 9.60. The fourth-order valence-corrected chi connectivity index (χ4v) is 2.21. The van der Waals surface area contributed by atoms with Crippen molar-refractivity contribution in [2.45, 2.75) is 63.1 Å². The van der Waals surface area contributed by atoms with Crippen LogP contribution in [0.2, 0.25) is 5.32 Å². The Morgan fingerprint density at radius 2 is 1.07 bits per heavy atom. The van der Waals surface area contributed by atoms with E-state index in [0.717, 1.165) is 11.7 Å². The Morgan fingerprint density at radius 3 is 1.50 bits per heavy atom.